The fraction of sp³-hybridized carbons (Fsp3) is 0.562. The second kappa shape index (κ2) is 6.20. The molecule has 2 rings (SSSR count). The van der Waals surface area contributed by atoms with Crippen LogP contribution in [0.15, 0.2) is 18.2 Å². The lowest BCUT2D eigenvalue weighted by Gasteiger charge is -2.28. The molecule has 0 aliphatic carbocycles. The molecule has 1 aliphatic rings. The Kier molecular flexibility index (Phi) is 4.59. The Balaban J connectivity index is 1.92. The Labute approximate surface area is 115 Å². The van der Waals surface area contributed by atoms with Crippen molar-refractivity contribution in [2.75, 3.05) is 13.1 Å². The monoisotopic (exact) mass is 260 g/mol. The van der Waals surface area contributed by atoms with Crippen LogP contribution in [-0.2, 0) is 11.2 Å². The molecule has 3 nitrogen and oxygen atoms in total. The maximum Gasteiger partial charge on any atom is 0.224 e. The molecule has 0 spiro atoms. The predicted molar refractivity (Wildman–Crippen MR) is 78.2 cm³/mol. The number of hydrogen-bond donors (Lipinski definition) is 2. The minimum atomic E-state index is 0.134. The van der Waals surface area contributed by atoms with Crippen LogP contribution >= 0.6 is 0 Å². The van der Waals surface area contributed by atoms with Gasteiger partial charge in [0.1, 0.15) is 0 Å². The minimum absolute atomic E-state index is 0.134. The summed E-state index contributed by atoms with van der Waals surface area (Å²) in [5.41, 5.74) is 3.53. The van der Waals surface area contributed by atoms with Gasteiger partial charge in [0.25, 0.3) is 0 Å². The quantitative estimate of drug-likeness (QED) is 0.872. The lowest BCUT2D eigenvalue weighted by atomic mass is 9.97. The summed E-state index contributed by atoms with van der Waals surface area (Å²) in [6, 6.07) is 6.56. The van der Waals surface area contributed by atoms with Crippen LogP contribution in [0.1, 0.15) is 30.0 Å². The summed E-state index contributed by atoms with van der Waals surface area (Å²) in [6.07, 6.45) is 1.56. The minimum Gasteiger partial charge on any atom is -0.352 e. The highest BCUT2D eigenvalue weighted by Crippen LogP contribution is 2.13. The molecule has 1 aromatic carbocycles. The zero-order valence-corrected chi connectivity index (χ0v) is 12.1. The molecule has 1 fully saturated rings. The number of nitrogens with one attached hydrogen (secondary N) is 2. The van der Waals surface area contributed by atoms with Crippen LogP contribution in [0.3, 0.4) is 0 Å². The van der Waals surface area contributed by atoms with Gasteiger partial charge in [0, 0.05) is 12.6 Å². The summed E-state index contributed by atoms with van der Waals surface area (Å²) in [6.45, 7) is 8.29. The Morgan fingerprint density at radius 3 is 2.89 bits per heavy atom. The van der Waals surface area contributed by atoms with E-state index in [1.165, 1.54) is 11.1 Å². The van der Waals surface area contributed by atoms with Crippen molar-refractivity contribution >= 4 is 5.91 Å². The lowest BCUT2D eigenvalue weighted by molar-refractivity contribution is -0.121. The molecule has 19 heavy (non-hydrogen) atoms. The van der Waals surface area contributed by atoms with Crippen molar-refractivity contribution in [3.8, 4) is 0 Å². The maximum absolute atomic E-state index is 12.1. The summed E-state index contributed by atoms with van der Waals surface area (Å²) in [4.78, 5) is 12.1. The standard InChI is InChI=1S/C16H24N2O/c1-11-4-5-13(3)14(6-11)8-16(19)18-15-7-12(2)9-17-10-15/h4-6,12,15,17H,7-10H2,1-3H3,(H,18,19). The van der Waals surface area contributed by atoms with E-state index in [0.29, 0.717) is 12.3 Å². The first kappa shape index (κ1) is 14.1. The van der Waals surface area contributed by atoms with Gasteiger partial charge in [-0.25, -0.2) is 0 Å². The van der Waals surface area contributed by atoms with Crippen molar-refractivity contribution in [1.82, 2.24) is 10.6 Å². The van der Waals surface area contributed by atoms with Crippen molar-refractivity contribution in [1.29, 1.82) is 0 Å². The lowest BCUT2D eigenvalue weighted by Crippen LogP contribution is -2.48. The van der Waals surface area contributed by atoms with Crippen molar-refractivity contribution < 1.29 is 4.79 Å². The van der Waals surface area contributed by atoms with Crippen LogP contribution in [0.5, 0.6) is 0 Å². The van der Waals surface area contributed by atoms with Crippen LogP contribution in [0.2, 0.25) is 0 Å². The molecule has 1 heterocycles. The number of carbonyl (C=O) groups is 1. The molecule has 104 valence electrons. The molecule has 1 aromatic rings. The number of piperidine rings is 1. The summed E-state index contributed by atoms with van der Waals surface area (Å²) in [5, 5.41) is 6.50. The average Bonchev–Trinajstić information content (AvgIpc) is 2.34. The third-order valence-electron chi connectivity index (χ3n) is 3.79. The predicted octanol–water partition coefficient (Wildman–Crippen LogP) is 1.96. The van der Waals surface area contributed by atoms with E-state index in [-0.39, 0.29) is 11.9 Å². The molecule has 1 amide bonds. The van der Waals surface area contributed by atoms with E-state index < -0.39 is 0 Å². The number of amides is 1. The van der Waals surface area contributed by atoms with Crippen molar-refractivity contribution in [2.24, 2.45) is 5.92 Å². The normalized spacial score (nSPS) is 23.1. The molecule has 0 bridgehead atoms. The molecule has 3 heteroatoms. The van der Waals surface area contributed by atoms with Crippen LogP contribution in [0.25, 0.3) is 0 Å². The highest BCUT2D eigenvalue weighted by atomic mass is 16.1. The van der Waals surface area contributed by atoms with Gasteiger partial charge in [-0.2, -0.15) is 0 Å². The van der Waals surface area contributed by atoms with E-state index in [4.69, 9.17) is 0 Å². The zero-order chi connectivity index (χ0) is 13.8. The van der Waals surface area contributed by atoms with E-state index in [1.807, 2.05) is 0 Å². The van der Waals surface area contributed by atoms with Gasteiger partial charge in [0.15, 0.2) is 0 Å². The fourth-order valence-electron chi connectivity index (χ4n) is 2.71. The molecule has 2 atom stereocenters. The number of carbonyl (C=O) groups excluding carboxylic acids is 1. The van der Waals surface area contributed by atoms with E-state index in [9.17, 15) is 4.79 Å². The van der Waals surface area contributed by atoms with Crippen LogP contribution < -0.4 is 10.6 Å². The van der Waals surface area contributed by atoms with Crippen LogP contribution in [0, 0.1) is 19.8 Å². The van der Waals surface area contributed by atoms with Crippen LogP contribution in [-0.4, -0.2) is 25.0 Å². The SMILES string of the molecule is Cc1ccc(C)c(CC(=O)NC2CNCC(C)C2)c1. The summed E-state index contributed by atoms with van der Waals surface area (Å²) < 4.78 is 0. The smallest absolute Gasteiger partial charge is 0.224 e. The summed E-state index contributed by atoms with van der Waals surface area (Å²) >= 11 is 0. The second-order valence-corrected chi connectivity index (χ2v) is 5.87. The summed E-state index contributed by atoms with van der Waals surface area (Å²) in [5.74, 6) is 0.773. The molecular weight excluding hydrogens is 236 g/mol. The highest BCUT2D eigenvalue weighted by Gasteiger charge is 2.20. The van der Waals surface area contributed by atoms with E-state index in [1.54, 1.807) is 0 Å². The van der Waals surface area contributed by atoms with Gasteiger partial charge in [-0.15, -0.1) is 0 Å². The van der Waals surface area contributed by atoms with E-state index in [0.717, 1.165) is 25.1 Å². The first-order valence-electron chi connectivity index (χ1n) is 7.11. The van der Waals surface area contributed by atoms with Gasteiger partial charge in [0.05, 0.1) is 6.42 Å². The third kappa shape index (κ3) is 4.06. The Hall–Kier alpha value is -1.35. The molecule has 0 saturated carbocycles. The maximum atomic E-state index is 12.1. The Morgan fingerprint density at radius 1 is 1.37 bits per heavy atom. The van der Waals surface area contributed by atoms with Crippen LogP contribution in [0.4, 0.5) is 0 Å². The number of hydrogen-bond acceptors (Lipinski definition) is 2. The molecular formula is C16H24N2O. The van der Waals surface area contributed by atoms with E-state index >= 15 is 0 Å². The van der Waals surface area contributed by atoms with Gasteiger partial charge in [-0.3, -0.25) is 4.79 Å². The third-order valence-corrected chi connectivity index (χ3v) is 3.79. The number of rotatable bonds is 3. The average molecular weight is 260 g/mol. The van der Waals surface area contributed by atoms with E-state index in [2.05, 4.69) is 49.6 Å². The highest BCUT2D eigenvalue weighted by molar-refractivity contribution is 5.79. The van der Waals surface area contributed by atoms with Crippen molar-refractivity contribution in [2.45, 2.75) is 39.7 Å². The number of aryl methyl sites for hydroxylation is 2. The molecule has 0 radical (unpaired) electrons. The topological polar surface area (TPSA) is 41.1 Å². The number of benzene rings is 1. The Morgan fingerprint density at radius 2 is 2.16 bits per heavy atom. The molecule has 2 N–H and O–H groups in total. The fourth-order valence-corrected chi connectivity index (χ4v) is 2.71. The molecule has 2 unspecified atom stereocenters. The molecule has 1 aliphatic heterocycles. The second-order valence-electron chi connectivity index (χ2n) is 5.87. The largest absolute Gasteiger partial charge is 0.352 e. The zero-order valence-electron chi connectivity index (χ0n) is 12.1. The van der Waals surface area contributed by atoms with Crippen molar-refractivity contribution in [3.63, 3.8) is 0 Å². The van der Waals surface area contributed by atoms with Gasteiger partial charge in [-0.1, -0.05) is 30.7 Å². The van der Waals surface area contributed by atoms with Gasteiger partial charge < -0.3 is 10.6 Å². The van der Waals surface area contributed by atoms with Crippen molar-refractivity contribution in [3.05, 3.63) is 34.9 Å². The Bertz CT molecular complexity index is 456. The molecule has 0 aromatic heterocycles. The first-order chi connectivity index (χ1) is 9.04. The van der Waals surface area contributed by atoms with Gasteiger partial charge >= 0.3 is 0 Å². The van der Waals surface area contributed by atoms with Gasteiger partial charge in [0.2, 0.25) is 5.91 Å². The molecule has 1 saturated heterocycles. The first-order valence-corrected chi connectivity index (χ1v) is 7.11. The summed E-state index contributed by atoms with van der Waals surface area (Å²) in [7, 11) is 0. The van der Waals surface area contributed by atoms with Gasteiger partial charge in [-0.05, 0) is 43.9 Å².